The molecule has 1 aliphatic rings. The molecule has 1 unspecified atom stereocenters. The zero-order valence-corrected chi connectivity index (χ0v) is 15.7. The summed E-state index contributed by atoms with van der Waals surface area (Å²) < 4.78 is 24.9. The molecule has 124 valence electrons. The normalized spacial score (nSPS) is 19.8. The van der Waals surface area contributed by atoms with E-state index in [0.717, 1.165) is 38.3 Å². The Labute approximate surface area is 134 Å². The van der Waals surface area contributed by atoms with Crippen LogP contribution in [0.25, 0.3) is 0 Å². The molecule has 1 aromatic rings. The lowest BCUT2D eigenvalue weighted by Gasteiger charge is -2.33. The summed E-state index contributed by atoms with van der Waals surface area (Å²) in [7, 11) is -4.51. The SMILES string of the molecule is C[Si](C)(C)OP(=O)(CCc1ccncc1)CN1CCOCC1. The Morgan fingerprint density at radius 2 is 1.91 bits per heavy atom. The van der Waals surface area contributed by atoms with E-state index >= 15 is 0 Å². The molecule has 0 aliphatic carbocycles. The van der Waals surface area contributed by atoms with E-state index in [-0.39, 0.29) is 0 Å². The summed E-state index contributed by atoms with van der Waals surface area (Å²) in [6, 6.07) is 3.96. The highest BCUT2D eigenvalue weighted by Gasteiger charge is 2.32. The molecule has 0 spiro atoms. The predicted octanol–water partition coefficient (Wildman–Crippen LogP) is 3.04. The molecule has 0 aromatic carbocycles. The van der Waals surface area contributed by atoms with Gasteiger partial charge >= 0.3 is 0 Å². The highest BCUT2D eigenvalue weighted by atomic mass is 31.2. The quantitative estimate of drug-likeness (QED) is 0.563. The molecule has 0 amide bonds. The number of aryl methyl sites for hydroxylation is 1. The van der Waals surface area contributed by atoms with Crippen molar-refractivity contribution in [1.29, 1.82) is 0 Å². The van der Waals surface area contributed by atoms with Crippen LogP contribution in [0, 0.1) is 0 Å². The van der Waals surface area contributed by atoms with Crippen molar-refractivity contribution in [2.45, 2.75) is 26.1 Å². The van der Waals surface area contributed by atoms with Crippen LogP contribution >= 0.6 is 7.37 Å². The molecule has 5 nitrogen and oxygen atoms in total. The first kappa shape index (κ1) is 17.8. The molecule has 0 radical (unpaired) electrons. The lowest BCUT2D eigenvalue weighted by atomic mass is 10.2. The number of rotatable bonds is 7. The van der Waals surface area contributed by atoms with E-state index in [1.165, 1.54) is 0 Å². The molecule has 2 rings (SSSR count). The van der Waals surface area contributed by atoms with Crippen molar-refractivity contribution in [3.05, 3.63) is 30.1 Å². The lowest BCUT2D eigenvalue weighted by molar-refractivity contribution is 0.0454. The van der Waals surface area contributed by atoms with Crippen molar-refractivity contribution in [2.24, 2.45) is 0 Å². The number of pyridine rings is 1. The Kier molecular flexibility index (Phi) is 6.35. The summed E-state index contributed by atoms with van der Waals surface area (Å²) in [4.78, 5) is 6.25. The Hall–Kier alpha value is -0.523. The molecule has 0 saturated carbocycles. The van der Waals surface area contributed by atoms with E-state index in [0.29, 0.717) is 12.4 Å². The van der Waals surface area contributed by atoms with Gasteiger partial charge in [0.05, 0.1) is 19.5 Å². The molecular weight excluding hydrogens is 315 g/mol. The molecule has 1 saturated heterocycles. The van der Waals surface area contributed by atoms with E-state index in [9.17, 15) is 4.57 Å². The molecular formula is C15H27N2O3PSi. The van der Waals surface area contributed by atoms with E-state index in [4.69, 9.17) is 8.95 Å². The highest BCUT2D eigenvalue weighted by Crippen LogP contribution is 2.50. The predicted molar refractivity (Wildman–Crippen MR) is 92.1 cm³/mol. The maximum atomic E-state index is 13.4. The van der Waals surface area contributed by atoms with Gasteiger partial charge in [-0.05, 0) is 43.8 Å². The number of hydrogen-bond acceptors (Lipinski definition) is 5. The molecule has 0 N–H and O–H groups in total. The first-order chi connectivity index (χ1) is 10.4. The van der Waals surface area contributed by atoms with Gasteiger partial charge in [-0.3, -0.25) is 14.4 Å². The molecule has 7 heteroatoms. The van der Waals surface area contributed by atoms with Crippen molar-refractivity contribution in [3.8, 4) is 0 Å². The standard InChI is InChI=1S/C15H27N2O3PSi/c1-22(2,3)20-21(18,14-17-9-11-19-12-10-17)13-6-15-4-7-16-8-5-15/h4-5,7-8H,6,9-14H2,1-3H3. The first-order valence-electron chi connectivity index (χ1n) is 7.84. The Morgan fingerprint density at radius 3 is 2.50 bits per heavy atom. The largest absolute Gasteiger partial charge is 0.379 e. The second-order valence-corrected chi connectivity index (χ2v) is 14.0. The zero-order chi connectivity index (χ0) is 16.1. The second kappa shape index (κ2) is 7.84. The summed E-state index contributed by atoms with van der Waals surface area (Å²) in [5, 5.41) is 0. The maximum Gasteiger partial charge on any atom is 0.207 e. The van der Waals surface area contributed by atoms with Gasteiger partial charge in [-0.1, -0.05) is 0 Å². The Bertz CT molecular complexity index is 501. The topological polar surface area (TPSA) is 51.7 Å². The van der Waals surface area contributed by atoms with Crippen LogP contribution in [0.4, 0.5) is 0 Å². The third-order valence-electron chi connectivity index (χ3n) is 3.45. The van der Waals surface area contributed by atoms with Gasteiger partial charge in [0, 0.05) is 31.6 Å². The third kappa shape index (κ3) is 6.30. The van der Waals surface area contributed by atoms with Crippen LogP contribution < -0.4 is 0 Å². The summed E-state index contributed by atoms with van der Waals surface area (Å²) >= 11 is 0. The van der Waals surface area contributed by atoms with Gasteiger partial charge in [0.2, 0.25) is 7.37 Å². The van der Waals surface area contributed by atoms with Crippen molar-refractivity contribution in [2.75, 3.05) is 38.8 Å². The van der Waals surface area contributed by atoms with Crippen molar-refractivity contribution in [3.63, 3.8) is 0 Å². The molecule has 1 fully saturated rings. The minimum Gasteiger partial charge on any atom is -0.379 e. The van der Waals surface area contributed by atoms with Crippen LogP contribution in [0.3, 0.4) is 0 Å². The monoisotopic (exact) mass is 342 g/mol. The second-order valence-electron chi connectivity index (χ2n) is 6.72. The fraction of sp³-hybridized carbons (Fsp3) is 0.667. The van der Waals surface area contributed by atoms with Gasteiger partial charge in [-0.25, -0.2) is 0 Å². The number of nitrogens with zero attached hydrogens (tertiary/aromatic N) is 2. The molecule has 1 aliphatic heterocycles. The number of ether oxygens (including phenoxy) is 1. The van der Waals surface area contributed by atoms with Crippen molar-refractivity contribution >= 4 is 15.7 Å². The van der Waals surface area contributed by atoms with Gasteiger partial charge in [0.15, 0.2) is 8.32 Å². The van der Waals surface area contributed by atoms with Gasteiger partial charge < -0.3 is 8.95 Å². The zero-order valence-electron chi connectivity index (χ0n) is 13.8. The van der Waals surface area contributed by atoms with Crippen LogP contribution in [0.2, 0.25) is 19.6 Å². The van der Waals surface area contributed by atoms with Gasteiger partial charge in [0.1, 0.15) is 0 Å². The lowest BCUT2D eigenvalue weighted by Crippen LogP contribution is -2.38. The van der Waals surface area contributed by atoms with E-state index in [2.05, 4.69) is 29.5 Å². The minimum absolute atomic E-state index is 0.547. The van der Waals surface area contributed by atoms with E-state index < -0.39 is 15.7 Å². The van der Waals surface area contributed by atoms with E-state index in [1.54, 1.807) is 12.4 Å². The van der Waals surface area contributed by atoms with Crippen LogP contribution in [0.5, 0.6) is 0 Å². The van der Waals surface area contributed by atoms with Crippen LogP contribution in [0.1, 0.15) is 5.56 Å². The summed E-state index contributed by atoms with van der Waals surface area (Å²) in [6.07, 6.45) is 5.47. The molecule has 1 aromatic heterocycles. The smallest absolute Gasteiger partial charge is 0.207 e. The summed E-state index contributed by atoms with van der Waals surface area (Å²) in [5.41, 5.74) is 1.16. The van der Waals surface area contributed by atoms with Gasteiger partial charge in [0.25, 0.3) is 0 Å². The van der Waals surface area contributed by atoms with Crippen LogP contribution in [0.15, 0.2) is 24.5 Å². The minimum atomic E-state index is -2.66. The van der Waals surface area contributed by atoms with Gasteiger partial charge in [-0.2, -0.15) is 0 Å². The first-order valence-corrected chi connectivity index (χ1v) is 13.2. The average Bonchev–Trinajstić information content (AvgIpc) is 2.45. The van der Waals surface area contributed by atoms with Crippen molar-refractivity contribution in [1.82, 2.24) is 9.88 Å². The molecule has 1 atom stereocenters. The van der Waals surface area contributed by atoms with E-state index in [1.807, 2.05) is 12.1 Å². The summed E-state index contributed by atoms with van der Waals surface area (Å²) in [5.74, 6) is 0. The highest BCUT2D eigenvalue weighted by molar-refractivity contribution is 7.60. The Balaban J connectivity index is 2.02. The maximum absolute atomic E-state index is 13.4. The third-order valence-corrected chi connectivity index (χ3v) is 8.71. The molecule has 22 heavy (non-hydrogen) atoms. The average molecular weight is 342 g/mol. The van der Waals surface area contributed by atoms with Crippen LogP contribution in [-0.2, 0) is 19.9 Å². The fourth-order valence-electron chi connectivity index (χ4n) is 2.54. The molecule has 2 heterocycles. The number of hydrogen-bond donors (Lipinski definition) is 0. The molecule has 0 bridgehead atoms. The van der Waals surface area contributed by atoms with Crippen LogP contribution in [-0.4, -0.2) is 57.0 Å². The number of morpholine rings is 1. The fourth-order valence-corrected chi connectivity index (χ4v) is 8.76. The van der Waals surface area contributed by atoms with Crippen molar-refractivity contribution < 1.29 is 13.5 Å². The Morgan fingerprint density at radius 1 is 1.27 bits per heavy atom. The summed E-state index contributed by atoms with van der Waals surface area (Å²) in [6.45, 7) is 9.43. The van der Waals surface area contributed by atoms with Gasteiger partial charge in [-0.15, -0.1) is 0 Å². The number of aromatic nitrogens is 1.